The summed E-state index contributed by atoms with van der Waals surface area (Å²) in [5, 5.41) is 13.3. The van der Waals surface area contributed by atoms with Gasteiger partial charge >= 0.3 is 0 Å². The summed E-state index contributed by atoms with van der Waals surface area (Å²) < 4.78 is 0. The van der Waals surface area contributed by atoms with E-state index in [1.54, 1.807) is 0 Å². The number of hydrogen-bond donors (Lipinski definition) is 1. The van der Waals surface area contributed by atoms with Gasteiger partial charge in [-0.2, -0.15) is 5.26 Å². The second-order valence-electron chi connectivity index (χ2n) is 6.92. The summed E-state index contributed by atoms with van der Waals surface area (Å²) >= 11 is 0. The number of likely N-dealkylation sites (tertiary alicyclic amines) is 1. The van der Waals surface area contributed by atoms with E-state index in [9.17, 15) is 5.26 Å². The maximum atomic E-state index is 9.73. The lowest BCUT2D eigenvalue weighted by Crippen LogP contribution is -2.57. The zero-order valence-electron chi connectivity index (χ0n) is 11.7. The second-order valence-corrected chi connectivity index (χ2v) is 6.92. The number of nitrogens with one attached hydrogen (secondary N) is 1. The van der Waals surface area contributed by atoms with Crippen LogP contribution in [0.3, 0.4) is 0 Å². The molecule has 3 rings (SSSR count). The van der Waals surface area contributed by atoms with E-state index in [4.69, 9.17) is 0 Å². The van der Waals surface area contributed by atoms with E-state index in [1.165, 1.54) is 38.6 Å². The fourth-order valence-electron chi connectivity index (χ4n) is 4.08. The molecule has 3 nitrogen and oxygen atoms in total. The molecule has 1 saturated heterocycles. The predicted molar refractivity (Wildman–Crippen MR) is 72.0 cm³/mol. The average Bonchev–Trinajstić information content (AvgIpc) is 3.00. The van der Waals surface area contributed by atoms with Crippen molar-refractivity contribution in [3.63, 3.8) is 0 Å². The van der Waals surface area contributed by atoms with Crippen LogP contribution in [0.15, 0.2) is 0 Å². The summed E-state index contributed by atoms with van der Waals surface area (Å²) in [6, 6.07) is 3.81. The molecule has 1 heterocycles. The van der Waals surface area contributed by atoms with E-state index in [1.807, 2.05) is 0 Å². The van der Waals surface area contributed by atoms with Crippen molar-refractivity contribution in [3.05, 3.63) is 0 Å². The summed E-state index contributed by atoms with van der Waals surface area (Å²) in [6.45, 7) is 6.50. The third-order valence-corrected chi connectivity index (χ3v) is 5.00. The standard InChI is InChI=1S/C15H25N3/c1-11(2)17-15(9-16,13-4-5-13)10-18-8-12-3-6-14(18)7-12/h11-14,17H,3-8,10H2,1-2H3. The Morgan fingerprint density at radius 1 is 1.33 bits per heavy atom. The molecule has 2 saturated carbocycles. The molecule has 0 radical (unpaired) electrons. The predicted octanol–water partition coefficient (Wildman–Crippen LogP) is 2.14. The van der Waals surface area contributed by atoms with Crippen molar-refractivity contribution in [2.45, 2.75) is 63.6 Å². The largest absolute Gasteiger partial charge is 0.297 e. The van der Waals surface area contributed by atoms with E-state index in [2.05, 4.69) is 30.1 Å². The van der Waals surface area contributed by atoms with Crippen molar-refractivity contribution in [1.82, 2.24) is 10.2 Å². The number of fused-ring (bicyclic) bond motifs is 2. The van der Waals surface area contributed by atoms with Gasteiger partial charge in [-0.15, -0.1) is 0 Å². The zero-order valence-corrected chi connectivity index (χ0v) is 11.7. The van der Waals surface area contributed by atoms with Gasteiger partial charge in [0.1, 0.15) is 5.54 Å². The van der Waals surface area contributed by atoms with Crippen LogP contribution in [0.5, 0.6) is 0 Å². The van der Waals surface area contributed by atoms with Gasteiger partial charge in [-0.25, -0.2) is 0 Å². The SMILES string of the molecule is CC(C)NC(C#N)(CN1CC2CCC1C2)C1CC1. The molecule has 100 valence electrons. The highest BCUT2D eigenvalue weighted by Crippen LogP contribution is 2.43. The van der Waals surface area contributed by atoms with Crippen LogP contribution in [-0.4, -0.2) is 35.6 Å². The van der Waals surface area contributed by atoms with E-state index in [-0.39, 0.29) is 5.54 Å². The normalized spacial score (nSPS) is 34.8. The Kier molecular flexibility index (Phi) is 3.11. The average molecular weight is 247 g/mol. The summed E-state index contributed by atoms with van der Waals surface area (Å²) in [4.78, 5) is 2.60. The Bertz CT molecular complexity index is 355. The number of rotatable bonds is 5. The van der Waals surface area contributed by atoms with Gasteiger partial charge < -0.3 is 0 Å². The number of hydrogen-bond acceptors (Lipinski definition) is 3. The molecule has 1 N–H and O–H groups in total. The van der Waals surface area contributed by atoms with Gasteiger partial charge in [0.05, 0.1) is 6.07 Å². The van der Waals surface area contributed by atoms with E-state index in [0.29, 0.717) is 12.0 Å². The van der Waals surface area contributed by atoms with E-state index >= 15 is 0 Å². The Hall–Kier alpha value is -0.590. The summed E-state index contributed by atoms with van der Waals surface area (Å²) in [5.41, 5.74) is -0.279. The van der Waals surface area contributed by atoms with Crippen LogP contribution < -0.4 is 5.32 Å². The molecule has 1 aliphatic heterocycles. The minimum Gasteiger partial charge on any atom is -0.297 e. The number of nitriles is 1. The molecule has 0 amide bonds. The Labute approximate surface area is 111 Å². The smallest absolute Gasteiger partial charge is 0.122 e. The van der Waals surface area contributed by atoms with E-state index in [0.717, 1.165) is 18.5 Å². The van der Waals surface area contributed by atoms with Crippen LogP contribution in [0.1, 0.15) is 46.0 Å². The Morgan fingerprint density at radius 3 is 2.56 bits per heavy atom. The molecule has 3 heteroatoms. The maximum absolute atomic E-state index is 9.73. The Balaban J connectivity index is 1.71. The lowest BCUT2D eigenvalue weighted by atomic mass is 9.92. The van der Waals surface area contributed by atoms with Crippen molar-refractivity contribution in [3.8, 4) is 6.07 Å². The van der Waals surface area contributed by atoms with Crippen LogP contribution in [0.25, 0.3) is 0 Å². The highest BCUT2D eigenvalue weighted by molar-refractivity contribution is 5.18. The highest BCUT2D eigenvalue weighted by atomic mass is 15.2. The van der Waals surface area contributed by atoms with Crippen molar-refractivity contribution in [1.29, 1.82) is 5.26 Å². The highest BCUT2D eigenvalue weighted by Gasteiger charge is 2.49. The molecule has 0 aromatic carbocycles. The molecule has 0 spiro atoms. The van der Waals surface area contributed by atoms with Gasteiger partial charge in [0, 0.05) is 25.2 Å². The van der Waals surface area contributed by atoms with Crippen LogP contribution in [0.4, 0.5) is 0 Å². The molecule has 3 aliphatic rings. The van der Waals surface area contributed by atoms with Crippen molar-refractivity contribution in [2.24, 2.45) is 11.8 Å². The number of piperidine rings is 1. The lowest BCUT2D eigenvalue weighted by Gasteiger charge is -2.37. The van der Waals surface area contributed by atoms with Crippen LogP contribution in [0, 0.1) is 23.2 Å². The van der Waals surface area contributed by atoms with Gasteiger partial charge in [0.25, 0.3) is 0 Å². The molecular weight excluding hydrogens is 222 g/mol. The zero-order chi connectivity index (χ0) is 12.8. The van der Waals surface area contributed by atoms with Gasteiger partial charge in [-0.3, -0.25) is 10.2 Å². The first kappa shape index (κ1) is 12.4. The first-order valence-electron chi connectivity index (χ1n) is 7.56. The van der Waals surface area contributed by atoms with Crippen LogP contribution in [0.2, 0.25) is 0 Å². The second kappa shape index (κ2) is 4.51. The quantitative estimate of drug-likeness (QED) is 0.809. The van der Waals surface area contributed by atoms with Crippen molar-refractivity contribution in [2.75, 3.05) is 13.1 Å². The van der Waals surface area contributed by atoms with Crippen LogP contribution in [-0.2, 0) is 0 Å². The van der Waals surface area contributed by atoms with Gasteiger partial charge in [0.15, 0.2) is 0 Å². The van der Waals surface area contributed by atoms with Crippen molar-refractivity contribution < 1.29 is 0 Å². The summed E-state index contributed by atoms with van der Waals surface area (Å²) in [6.07, 6.45) is 6.62. The molecule has 0 aromatic heterocycles. The first-order chi connectivity index (χ1) is 8.63. The third-order valence-electron chi connectivity index (χ3n) is 5.00. The van der Waals surface area contributed by atoms with Gasteiger partial charge in [-0.05, 0) is 57.8 Å². The minimum absolute atomic E-state index is 0.279. The molecule has 3 fully saturated rings. The maximum Gasteiger partial charge on any atom is 0.122 e. The monoisotopic (exact) mass is 247 g/mol. The topological polar surface area (TPSA) is 39.1 Å². The fraction of sp³-hybridized carbons (Fsp3) is 0.933. The molecule has 18 heavy (non-hydrogen) atoms. The molecule has 2 bridgehead atoms. The molecular formula is C15H25N3. The summed E-state index contributed by atoms with van der Waals surface area (Å²) in [7, 11) is 0. The molecule has 2 aliphatic carbocycles. The number of nitrogens with zero attached hydrogens (tertiary/aromatic N) is 2. The van der Waals surface area contributed by atoms with E-state index < -0.39 is 0 Å². The van der Waals surface area contributed by atoms with Gasteiger partial charge in [-0.1, -0.05) is 0 Å². The first-order valence-corrected chi connectivity index (χ1v) is 7.56. The fourth-order valence-corrected chi connectivity index (χ4v) is 4.08. The van der Waals surface area contributed by atoms with Crippen molar-refractivity contribution >= 4 is 0 Å². The minimum atomic E-state index is -0.279. The summed E-state index contributed by atoms with van der Waals surface area (Å²) in [5.74, 6) is 1.51. The molecule has 3 unspecified atom stereocenters. The Morgan fingerprint density at radius 2 is 2.11 bits per heavy atom. The molecule has 3 atom stereocenters. The molecule has 0 aromatic rings. The third kappa shape index (κ3) is 2.17. The van der Waals surface area contributed by atoms with Gasteiger partial charge in [0.2, 0.25) is 0 Å². The lowest BCUT2D eigenvalue weighted by molar-refractivity contribution is 0.152. The van der Waals surface area contributed by atoms with Crippen LogP contribution >= 0.6 is 0 Å².